The zero-order valence-corrected chi connectivity index (χ0v) is 10.0. The molecule has 1 nitrogen and oxygen atoms in total. The number of rotatable bonds is 1. The number of halogens is 3. The van der Waals surface area contributed by atoms with Gasteiger partial charge >= 0.3 is 6.18 Å². The van der Waals surface area contributed by atoms with Crippen LogP contribution in [-0.2, 0) is 6.18 Å². The quantitative estimate of drug-likeness (QED) is 0.810. The Labute approximate surface area is 104 Å². The molecule has 1 aliphatic carbocycles. The van der Waals surface area contributed by atoms with Crippen molar-refractivity contribution in [3.8, 4) is 0 Å². The van der Waals surface area contributed by atoms with Crippen LogP contribution >= 0.6 is 0 Å². The first-order valence-electron chi connectivity index (χ1n) is 6.42. The Bertz CT molecular complexity index is 429. The molecule has 0 spiro atoms. The molecule has 1 aromatic rings. The molecule has 0 bridgehead atoms. The van der Waals surface area contributed by atoms with Crippen molar-refractivity contribution in [1.82, 2.24) is 5.32 Å². The predicted molar refractivity (Wildman–Crippen MR) is 63.3 cm³/mol. The largest absolute Gasteiger partial charge is 0.416 e. The van der Waals surface area contributed by atoms with Crippen molar-refractivity contribution < 1.29 is 13.2 Å². The van der Waals surface area contributed by atoms with Gasteiger partial charge in [-0.15, -0.1) is 0 Å². The van der Waals surface area contributed by atoms with Gasteiger partial charge in [0.25, 0.3) is 0 Å². The van der Waals surface area contributed by atoms with E-state index in [1.54, 1.807) is 12.1 Å². The average Bonchev–Trinajstić information content (AvgIpc) is 2.87. The third kappa shape index (κ3) is 2.03. The molecule has 2 atom stereocenters. The molecule has 18 heavy (non-hydrogen) atoms. The maximum atomic E-state index is 13.0. The van der Waals surface area contributed by atoms with Crippen LogP contribution in [0.25, 0.3) is 0 Å². The van der Waals surface area contributed by atoms with E-state index in [1.165, 1.54) is 12.1 Å². The van der Waals surface area contributed by atoms with Gasteiger partial charge in [0.05, 0.1) is 5.56 Å². The van der Waals surface area contributed by atoms with E-state index in [1.807, 2.05) is 0 Å². The molecule has 2 fully saturated rings. The molecule has 1 N–H and O–H groups in total. The molecular formula is C14H16F3N. The van der Waals surface area contributed by atoms with Gasteiger partial charge in [-0.2, -0.15) is 13.2 Å². The molecule has 0 radical (unpaired) electrons. The number of fused-ring (bicyclic) bond motifs is 1. The Kier molecular flexibility index (Phi) is 2.85. The topological polar surface area (TPSA) is 12.0 Å². The van der Waals surface area contributed by atoms with E-state index in [0.717, 1.165) is 25.9 Å². The first kappa shape index (κ1) is 12.0. The van der Waals surface area contributed by atoms with E-state index >= 15 is 0 Å². The number of alkyl halides is 3. The molecule has 0 aromatic heterocycles. The fourth-order valence-electron chi connectivity index (χ4n) is 3.53. The number of hydrogen-bond acceptors (Lipinski definition) is 1. The van der Waals surface area contributed by atoms with Gasteiger partial charge < -0.3 is 5.32 Å². The lowest BCUT2D eigenvalue weighted by atomic mass is 9.91. The smallest absolute Gasteiger partial charge is 0.316 e. The summed E-state index contributed by atoms with van der Waals surface area (Å²) in [5.74, 6) is 1.22. The Morgan fingerprint density at radius 2 is 1.61 bits per heavy atom. The van der Waals surface area contributed by atoms with Crippen molar-refractivity contribution in [2.45, 2.75) is 24.9 Å². The summed E-state index contributed by atoms with van der Waals surface area (Å²) >= 11 is 0. The zero-order chi connectivity index (χ0) is 12.8. The first-order chi connectivity index (χ1) is 8.55. The fourth-order valence-corrected chi connectivity index (χ4v) is 3.53. The van der Waals surface area contributed by atoms with Crippen molar-refractivity contribution in [3.05, 3.63) is 35.4 Å². The van der Waals surface area contributed by atoms with Gasteiger partial charge in [-0.3, -0.25) is 0 Å². The molecule has 1 saturated carbocycles. The number of hydrogen-bond donors (Lipinski definition) is 1. The molecule has 4 heteroatoms. The minimum atomic E-state index is -4.23. The lowest BCUT2D eigenvalue weighted by Gasteiger charge is -2.18. The highest BCUT2D eigenvalue weighted by atomic mass is 19.4. The highest BCUT2D eigenvalue weighted by Gasteiger charge is 2.41. The predicted octanol–water partition coefficient (Wildman–Crippen LogP) is 3.42. The molecular weight excluding hydrogens is 239 g/mol. The second kappa shape index (κ2) is 4.26. The maximum Gasteiger partial charge on any atom is 0.416 e. The highest BCUT2D eigenvalue weighted by molar-refractivity contribution is 5.33. The second-order valence-electron chi connectivity index (χ2n) is 5.43. The molecule has 1 aliphatic heterocycles. The van der Waals surface area contributed by atoms with Crippen LogP contribution in [0.4, 0.5) is 13.2 Å². The summed E-state index contributed by atoms with van der Waals surface area (Å²) < 4.78 is 38.9. The summed E-state index contributed by atoms with van der Waals surface area (Å²) in [6, 6.07) is 6.06. The van der Waals surface area contributed by atoms with E-state index < -0.39 is 11.7 Å². The lowest BCUT2D eigenvalue weighted by Crippen LogP contribution is -2.14. The van der Waals surface area contributed by atoms with Crippen LogP contribution in [-0.4, -0.2) is 13.1 Å². The number of nitrogens with one attached hydrogen (secondary N) is 1. The lowest BCUT2D eigenvalue weighted by molar-refractivity contribution is -0.138. The monoisotopic (exact) mass is 255 g/mol. The molecule has 2 aliphatic rings. The second-order valence-corrected chi connectivity index (χ2v) is 5.43. The minimum absolute atomic E-state index is 0.0833. The minimum Gasteiger partial charge on any atom is -0.316 e. The van der Waals surface area contributed by atoms with Crippen molar-refractivity contribution in [3.63, 3.8) is 0 Å². The van der Waals surface area contributed by atoms with Crippen LogP contribution in [0, 0.1) is 11.8 Å². The third-order valence-corrected chi connectivity index (χ3v) is 4.36. The molecule has 2 unspecified atom stereocenters. The van der Waals surface area contributed by atoms with Gasteiger partial charge in [-0.05, 0) is 55.3 Å². The van der Waals surface area contributed by atoms with Crippen LogP contribution in [0.15, 0.2) is 24.3 Å². The average molecular weight is 255 g/mol. The Morgan fingerprint density at radius 3 is 2.22 bits per heavy atom. The van der Waals surface area contributed by atoms with Crippen molar-refractivity contribution in [2.24, 2.45) is 11.8 Å². The van der Waals surface area contributed by atoms with E-state index in [2.05, 4.69) is 5.32 Å². The normalized spacial score (nSPS) is 31.6. The van der Waals surface area contributed by atoms with Crippen LogP contribution in [0.2, 0.25) is 0 Å². The summed E-state index contributed by atoms with van der Waals surface area (Å²) in [6.07, 6.45) is -2.44. The Balaban J connectivity index is 1.89. The van der Waals surface area contributed by atoms with E-state index in [0.29, 0.717) is 17.4 Å². The number of benzene rings is 1. The Morgan fingerprint density at radius 1 is 1.00 bits per heavy atom. The van der Waals surface area contributed by atoms with Gasteiger partial charge in [-0.25, -0.2) is 0 Å². The molecule has 3 rings (SSSR count). The molecule has 98 valence electrons. The van der Waals surface area contributed by atoms with Crippen LogP contribution < -0.4 is 5.32 Å². The third-order valence-electron chi connectivity index (χ3n) is 4.36. The molecule has 1 heterocycles. The van der Waals surface area contributed by atoms with Gasteiger partial charge in [0.2, 0.25) is 0 Å². The molecule has 1 saturated heterocycles. The van der Waals surface area contributed by atoms with Gasteiger partial charge in [-0.1, -0.05) is 18.2 Å². The van der Waals surface area contributed by atoms with Crippen LogP contribution in [0.1, 0.15) is 29.9 Å². The van der Waals surface area contributed by atoms with E-state index in [9.17, 15) is 13.2 Å². The standard InChI is InChI=1S/C14H16F3N/c15-14(16,17)13-4-2-1-3-12(13)9-5-10-7-18-8-11(10)6-9/h1-4,9-11,18H,5-8H2. The van der Waals surface area contributed by atoms with Crippen molar-refractivity contribution in [2.75, 3.05) is 13.1 Å². The summed E-state index contributed by atoms with van der Waals surface area (Å²) in [7, 11) is 0. The molecule has 1 aromatic carbocycles. The summed E-state index contributed by atoms with van der Waals surface area (Å²) in [4.78, 5) is 0. The van der Waals surface area contributed by atoms with Crippen molar-refractivity contribution >= 4 is 0 Å². The summed E-state index contributed by atoms with van der Waals surface area (Å²) in [5, 5.41) is 3.32. The first-order valence-corrected chi connectivity index (χ1v) is 6.42. The highest BCUT2D eigenvalue weighted by Crippen LogP contribution is 2.47. The van der Waals surface area contributed by atoms with Crippen molar-refractivity contribution in [1.29, 1.82) is 0 Å². The van der Waals surface area contributed by atoms with E-state index in [4.69, 9.17) is 0 Å². The summed E-state index contributed by atoms with van der Waals surface area (Å²) in [5.41, 5.74) is 0.0577. The SMILES string of the molecule is FC(F)(F)c1ccccc1C1CC2CNCC2C1. The van der Waals surface area contributed by atoms with Crippen LogP contribution in [0.3, 0.4) is 0 Å². The van der Waals surface area contributed by atoms with Crippen LogP contribution in [0.5, 0.6) is 0 Å². The fraction of sp³-hybridized carbons (Fsp3) is 0.571. The maximum absolute atomic E-state index is 13.0. The van der Waals surface area contributed by atoms with Gasteiger partial charge in [0, 0.05) is 0 Å². The van der Waals surface area contributed by atoms with Gasteiger partial charge in [0.1, 0.15) is 0 Å². The zero-order valence-electron chi connectivity index (χ0n) is 10.0. The van der Waals surface area contributed by atoms with Gasteiger partial charge in [0.15, 0.2) is 0 Å². The Hall–Kier alpha value is -1.03. The summed E-state index contributed by atoms with van der Waals surface area (Å²) in [6.45, 7) is 1.94. The molecule has 0 amide bonds. The van der Waals surface area contributed by atoms with E-state index in [-0.39, 0.29) is 5.92 Å².